The lowest BCUT2D eigenvalue weighted by Gasteiger charge is -2.28. The van der Waals surface area contributed by atoms with E-state index in [2.05, 4.69) is 4.89 Å². The average molecular weight is 188 g/mol. The maximum atomic E-state index is 10.7. The van der Waals surface area contributed by atoms with Gasteiger partial charge in [0.15, 0.2) is 0 Å². The van der Waals surface area contributed by atoms with E-state index in [4.69, 9.17) is 9.62 Å². The zero-order valence-electron chi connectivity index (χ0n) is 8.12. The van der Waals surface area contributed by atoms with Gasteiger partial charge in [0, 0.05) is 6.92 Å². The first kappa shape index (κ1) is 10.5. The van der Waals surface area contributed by atoms with Gasteiger partial charge in [0.25, 0.3) is 0 Å². The number of hydrogen-bond donors (Lipinski definition) is 0. The summed E-state index contributed by atoms with van der Waals surface area (Å²) in [4.78, 5) is 20.4. The molecule has 0 spiro atoms. The molecule has 1 aliphatic rings. The van der Waals surface area contributed by atoms with Crippen LogP contribution in [0.2, 0.25) is 0 Å². The van der Waals surface area contributed by atoms with E-state index in [0.717, 1.165) is 25.7 Å². The van der Waals surface area contributed by atoms with Crippen LogP contribution in [-0.4, -0.2) is 25.3 Å². The van der Waals surface area contributed by atoms with Gasteiger partial charge in [0.05, 0.1) is 7.11 Å². The van der Waals surface area contributed by atoms with Gasteiger partial charge in [0.2, 0.25) is 0 Å². The Bertz CT molecular complexity index is 167. The van der Waals surface area contributed by atoms with Crippen LogP contribution in [-0.2, 0) is 19.3 Å². The third-order valence-corrected chi connectivity index (χ3v) is 2.18. The second-order valence-corrected chi connectivity index (χ2v) is 3.23. The molecule has 0 aromatic rings. The number of rotatable bonds is 3. The molecule has 0 heterocycles. The van der Waals surface area contributed by atoms with Gasteiger partial charge >= 0.3 is 5.97 Å². The highest BCUT2D eigenvalue weighted by Crippen LogP contribution is 2.23. The minimum atomic E-state index is -0.253. The molecular weight excluding hydrogens is 172 g/mol. The normalized spacial score (nSPS) is 28.5. The molecule has 1 saturated carbocycles. The second-order valence-electron chi connectivity index (χ2n) is 3.23. The number of hydrogen-bond acceptors (Lipinski definition) is 4. The molecule has 0 aromatic carbocycles. The molecule has 0 amide bonds. The summed E-state index contributed by atoms with van der Waals surface area (Å²) in [6.45, 7) is 1.42. The van der Waals surface area contributed by atoms with E-state index in [9.17, 15) is 4.79 Å². The van der Waals surface area contributed by atoms with E-state index in [1.807, 2.05) is 0 Å². The molecule has 1 aliphatic carbocycles. The molecule has 4 heteroatoms. The van der Waals surface area contributed by atoms with E-state index < -0.39 is 0 Å². The Morgan fingerprint density at radius 2 is 1.85 bits per heavy atom. The number of esters is 1. The molecule has 0 bridgehead atoms. The van der Waals surface area contributed by atoms with Crippen molar-refractivity contribution in [3.63, 3.8) is 0 Å². The minimum Gasteiger partial charge on any atom is -0.460 e. The molecule has 0 aliphatic heterocycles. The zero-order valence-corrected chi connectivity index (χ0v) is 8.12. The average Bonchev–Trinajstić information content (AvgIpc) is 2.08. The zero-order chi connectivity index (χ0) is 9.68. The molecule has 1 fully saturated rings. The SMILES string of the molecule is COOC1CCCCC1OC(C)=O. The Morgan fingerprint density at radius 1 is 1.23 bits per heavy atom. The summed E-state index contributed by atoms with van der Waals surface area (Å²) in [6.07, 6.45) is 3.72. The van der Waals surface area contributed by atoms with Crippen LogP contribution in [0, 0.1) is 0 Å². The maximum Gasteiger partial charge on any atom is 0.302 e. The first-order chi connectivity index (χ1) is 6.24. The number of ether oxygens (including phenoxy) is 1. The van der Waals surface area contributed by atoms with Gasteiger partial charge in [-0.3, -0.25) is 4.79 Å². The van der Waals surface area contributed by atoms with Crippen LogP contribution in [0.1, 0.15) is 32.6 Å². The fraction of sp³-hybridized carbons (Fsp3) is 0.889. The Labute approximate surface area is 78.1 Å². The van der Waals surface area contributed by atoms with Crippen molar-refractivity contribution >= 4 is 5.97 Å². The van der Waals surface area contributed by atoms with Crippen LogP contribution in [0.3, 0.4) is 0 Å². The van der Waals surface area contributed by atoms with E-state index in [0.29, 0.717) is 0 Å². The molecule has 1 rings (SSSR count). The van der Waals surface area contributed by atoms with Crippen molar-refractivity contribution < 1.29 is 19.3 Å². The van der Waals surface area contributed by atoms with Crippen molar-refractivity contribution in [2.45, 2.75) is 44.8 Å². The van der Waals surface area contributed by atoms with E-state index >= 15 is 0 Å². The summed E-state index contributed by atoms with van der Waals surface area (Å²) < 4.78 is 5.11. The Morgan fingerprint density at radius 3 is 2.38 bits per heavy atom. The van der Waals surface area contributed by atoms with Crippen LogP contribution in [0.15, 0.2) is 0 Å². The standard InChI is InChI=1S/C9H16O4/c1-7(10)12-8-5-3-4-6-9(8)13-11-2/h8-9H,3-6H2,1-2H3. The molecule has 76 valence electrons. The monoisotopic (exact) mass is 188 g/mol. The van der Waals surface area contributed by atoms with E-state index in [1.54, 1.807) is 0 Å². The first-order valence-electron chi connectivity index (χ1n) is 4.60. The molecule has 0 radical (unpaired) electrons. The van der Waals surface area contributed by atoms with Crippen molar-refractivity contribution in [3.05, 3.63) is 0 Å². The lowest BCUT2D eigenvalue weighted by molar-refractivity contribution is -0.325. The molecule has 13 heavy (non-hydrogen) atoms. The lowest BCUT2D eigenvalue weighted by Crippen LogP contribution is -2.35. The Balaban J connectivity index is 2.41. The van der Waals surface area contributed by atoms with Gasteiger partial charge in [0.1, 0.15) is 12.2 Å². The Hall–Kier alpha value is -0.610. The third kappa shape index (κ3) is 3.32. The largest absolute Gasteiger partial charge is 0.460 e. The second kappa shape index (κ2) is 5.19. The molecule has 2 atom stereocenters. The van der Waals surface area contributed by atoms with Crippen molar-refractivity contribution in [2.75, 3.05) is 7.11 Å². The van der Waals surface area contributed by atoms with Crippen LogP contribution in [0.25, 0.3) is 0 Å². The summed E-state index contributed by atoms with van der Waals surface area (Å²) in [5.74, 6) is -0.253. The van der Waals surface area contributed by atoms with Crippen molar-refractivity contribution in [1.82, 2.24) is 0 Å². The lowest BCUT2D eigenvalue weighted by atomic mass is 9.95. The predicted octanol–water partition coefficient (Wildman–Crippen LogP) is 1.44. The summed E-state index contributed by atoms with van der Waals surface area (Å²) in [6, 6.07) is 0. The highest BCUT2D eigenvalue weighted by molar-refractivity contribution is 5.66. The molecule has 2 unspecified atom stereocenters. The van der Waals surface area contributed by atoms with E-state index in [1.165, 1.54) is 14.0 Å². The highest BCUT2D eigenvalue weighted by Gasteiger charge is 2.28. The fourth-order valence-corrected chi connectivity index (χ4v) is 1.64. The first-order valence-corrected chi connectivity index (χ1v) is 4.60. The van der Waals surface area contributed by atoms with Gasteiger partial charge in [-0.1, -0.05) is 6.42 Å². The smallest absolute Gasteiger partial charge is 0.302 e. The Kier molecular flexibility index (Phi) is 4.18. The van der Waals surface area contributed by atoms with E-state index in [-0.39, 0.29) is 18.2 Å². The van der Waals surface area contributed by atoms with Crippen LogP contribution < -0.4 is 0 Å². The highest BCUT2D eigenvalue weighted by atomic mass is 17.2. The van der Waals surface area contributed by atoms with Crippen LogP contribution >= 0.6 is 0 Å². The third-order valence-electron chi connectivity index (χ3n) is 2.18. The van der Waals surface area contributed by atoms with Gasteiger partial charge in [-0.05, 0) is 19.3 Å². The molecule has 0 aromatic heterocycles. The summed E-state index contributed by atoms with van der Waals surface area (Å²) in [5.41, 5.74) is 0. The fourth-order valence-electron chi connectivity index (χ4n) is 1.64. The molecular formula is C9H16O4. The van der Waals surface area contributed by atoms with Crippen LogP contribution in [0.5, 0.6) is 0 Å². The minimum absolute atomic E-state index is 0.0948. The number of carbonyl (C=O) groups excluding carboxylic acids is 1. The van der Waals surface area contributed by atoms with Crippen molar-refractivity contribution in [2.24, 2.45) is 0 Å². The molecule has 0 saturated heterocycles. The number of carbonyl (C=O) groups is 1. The summed E-state index contributed by atoms with van der Waals surface area (Å²) >= 11 is 0. The topological polar surface area (TPSA) is 44.8 Å². The summed E-state index contributed by atoms with van der Waals surface area (Å²) in [5, 5.41) is 0. The predicted molar refractivity (Wildman–Crippen MR) is 45.9 cm³/mol. The molecule has 4 nitrogen and oxygen atoms in total. The van der Waals surface area contributed by atoms with Gasteiger partial charge < -0.3 is 4.74 Å². The quantitative estimate of drug-likeness (QED) is 0.382. The molecule has 0 N–H and O–H groups in total. The van der Waals surface area contributed by atoms with Gasteiger partial charge in [-0.25, -0.2) is 9.78 Å². The van der Waals surface area contributed by atoms with Crippen molar-refractivity contribution in [1.29, 1.82) is 0 Å². The maximum absolute atomic E-state index is 10.7. The van der Waals surface area contributed by atoms with Gasteiger partial charge in [-0.2, -0.15) is 0 Å². The van der Waals surface area contributed by atoms with Crippen molar-refractivity contribution in [3.8, 4) is 0 Å². The van der Waals surface area contributed by atoms with Gasteiger partial charge in [-0.15, -0.1) is 0 Å². The van der Waals surface area contributed by atoms with Crippen LogP contribution in [0.4, 0.5) is 0 Å². The summed E-state index contributed by atoms with van der Waals surface area (Å²) in [7, 11) is 1.47.